The van der Waals surface area contributed by atoms with Crippen molar-refractivity contribution in [2.75, 3.05) is 33.2 Å². The molecule has 12 heteroatoms. The van der Waals surface area contributed by atoms with E-state index in [4.69, 9.17) is 24.5 Å². The van der Waals surface area contributed by atoms with Crippen LogP contribution < -0.4 is 11.4 Å². The Hall–Kier alpha value is -1.33. The number of nitrogens with two attached hydrogens (primary N) is 1. The molecule has 3 N–H and O–H groups in total. The van der Waals surface area contributed by atoms with Crippen LogP contribution in [0.2, 0.25) is 0 Å². The summed E-state index contributed by atoms with van der Waals surface area (Å²) in [5.41, 5.74) is 5.63. The molecule has 1 aliphatic heterocycles. The lowest BCUT2D eigenvalue weighted by molar-refractivity contribution is -0.0793. The van der Waals surface area contributed by atoms with Gasteiger partial charge < -0.3 is 24.8 Å². The first-order valence-electron chi connectivity index (χ1n) is 8.42. The summed E-state index contributed by atoms with van der Waals surface area (Å²) in [6.45, 7) is 3.96. The lowest BCUT2D eigenvalue weighted by atomic mass is 10.1. The van der Waals surface area contributed by atoms with E-state index in [2.05, 4.69) is 9.51 Å². The second kappa shape index (κ2) is 9.24. The van der Waals surface area contributed by atoms with Gasteiger partial charge >= 0.3 is 13.5 Å². The molecule has 0 spiro atoms. The summed E-state index contributed by atoms with van der Waals surface area (Å²) in [4.78, 5) is 25.9. The molecule has 5 atom stereocenters. The number of hydrogen-bond donors (Lipinski definition) is 2. The molecule has 2 rings (SSSR count). The van der Waals surface area contributed by atoms with Crippen LogP contribution in [0.4, 0.5) is 5.82 Å². The van der Waals surface area contributed by atoms with E-state index in [1.165, 1.54) is 17.9 Å². The van der Waals surface area contributed by atoms with Gasteiger partial charge in [0.1, 0.15) is 18.0 Å². The van der Waals surface area contributed by atoms with E-state index in [9.17, 15) is 14.3 Å². The molecule has 27 heavy (non-hydrogen) atoms. The zero-order valence-electron chi connectivity index (χ0n) is 15.7. The molecule has 0 amide bonds. The fourth-order valence-electron chi connectivity index (χ4n) is 2.79. The second-order valence-corrected chi connectivity index (χ2v) is 7.53. The Kier molecular flexibility index (Phi) is 7.52. The maximum atomic E-state index is 12.3. The van der Waals surface area contributed by atoms with Crippen LogP contribution in [0.5, 0.6) is 0 Å². The SMILES string of the molecule is CC[C@H]1O[C@@H](n2cc(C)c(N)nc2=O)C(OCCOC)C1OP(=O)(O)OC. The van der Waals surface area contributed by atoms with Crippen molar-refractivity contribution in [1.29, 1.82) is 0 Å². The highest BCUT2D eigenvalue weighted by Crippen LogP contribution is 2.48. The van der Waals surface area contributed by atoms with Crippen LogP contribution in [0.3, 0.4) is 0 Å². The number of aryl methyl sites for hydroxylation is 1. The van der Waals surface area contributed by atoms with Crippen LogP contribution >= 0.6 is 7.82 Å². The predicted octanol–water partition coefficient (Wildman–Crippen LogP) is 0.605. The van der Waals surface area contributed by atoms with Gasteiger partial charge in [-0.05, 0) is 13.3 Å². The molecule has 3 unspecified atom stereocenters. The molecule has 0 radical (unpaired) electrons. The minimum Gasteiger partial charge on any atom is -0.383 e. The number of nitrogen functional groups attached to an aromatic ring is 1. The summed E-state index contributed by atoms with van der Waals surface area (Å²) in [6, 6.07) is 0. The van der Waals surface area contributed by atoms with Gasteiger partial charge in [0, 0.05) is 26.0 Å². The van der Waals surface area contributed by atoms with Gasteiger partial charge in [-0.1, -0.05) is 6.92 Å². The predicted molar refractivity (Wildman–Crippen MR) is 95.2 cm³/mol. The average molecular weight is 407 g/mol. The molecule has 1 fully saturated rings. The summed E-state index contributed by atoms with van der Waals surface area (Å²) >= 11 is 0. The monoisotopic (exact) mass is 407 g/mol. The Morgan fingerprint density at radius 1 is 1.37 bits per heavy atom. The molecule has 0 saturated carbocycles. The standard InChI is InChI=1S/C15H26N3O8P/c1-5-10-11(26-27(20,21)23-4)12(24-7-6-22-3)14(25-10)18-8-9(2)13(16)17-15(18)19/h8,10-12,14H,5-7H2,1-4H3,(H,20,21)(H2,16,17,19)/t10-,11?,12?,14-/m1/s1. The highest BCUT2D eigenvalue weighted by molar-refractivity contribution is 7.47. The number of phosphoric acid groups is 1. The van der Waals surface area contributed by atoms with E-state index in [1.54, 1.807) is 6.92 Å². The molecule has 0 aromatic carbocycles. The first kappa shape index (κ1) is 22.0. The molecule has 1 aromatic heterocycles. The second-order valence-electron chi connectivity index (χ2n) is 6.02. The number of phosphoric ester groups is 1. The zero-order chi connectivity index (χ0) is 20.2. The number of methoxy groups -OCH3 is 1. The molecule has 0 aliphatic carbocycles. The molecule has 2 heterocycles. The topological polar surface area (TPSA) is 144 Å². The van der Waals surface area contributed by atoms with Crippen LogP contribution in [0, 0.1) is 6.92 Å². The van der Waals surface area contributed by atoms with Crippen molar-refractivity contribution < 1.29 is 32.7 Å². The van der Waals surface area contributed by atoms with Crippen molar-refractivity contribution in [3.05, 3.63) is 22.2 Å². The van der Waals surface area contributed by atoms with Crippen LogP contribution in [-0.2, 0) is 27.8 Å². The lowest BCUT2D eigenvalue weighted by Gasteiger charge is -2.26. The molecular weight excluding hydrogens is 381 g/mol. The number of nitrogens with zero attached hydrogens (tertiary/aromatic N) is 2. The number of hydrogen-bond acceptors (Lipinski definition) is 9. The van der Waals surface area contributed by atoms with E-state index in [-0.39, 0.29) is 19.0 Å². The number of aromatic nitrogens is 2. The molecule has 11 nitrogen and oxygen atoms in total. The summed E-state index contributed by atoms with van der Waals surface area (Å²) in [5, 5.41) is 0. The molecule has 1 aliphatic rings. The van der Waals surface area contributed by atoms with Gasteiger partial charge in [-0.25, -0.2) is 9.36 Å². The van der Waals surface area contributed by atoms with Gasteiger partial charge in [-0.2, -0.15) is 4.98 Å². The smallest absolute Gasteiger partial charge is 0.383 e. The Morgan fingerprint density at radius 3 is 2.67 bits per heavy atom. The van der Waals surface area contributed by atoms with E-state index in [0.29, 0.717) is 12.0 Å². The molecule has 1 aromatic rings. The van der Waals surface area contributed by atoms with Crippen LogP contribution in [0.15, 0.2) is 11.0 Å². The summed E-state index contributed by atoms with van der Waals surface area (Å²) in [5.74, 6) is 0.116. The fourth-order valence-corrected chi connectivity index (χ4v) is 3.44. The van der Waals surface area contributed by atoms with E-state index in [0.717, 1.165) is 7.11 Å². The number of anilines is 1. The molecule has 0 bridgehead atoms. The average Bonchev–Trinajstić information content (AvgIpc) is 2.95. The lowest BCUT2D eigenvalue weighted by Crippen LogP contribution is -2.39. The van der Waals surface area contributed by atoms with Crippen LogP contribution in [0.25, 0.3) is 0 Å². The molecule has 1 saturated heterocycles. The molecular formula is C15H26N3O8P. The highest BCUT2D eigenvalue weighted by atomic mass is 31.2. The minimum absolute atomic E-state index is 0.116. The van der Waals surface area contributed by atoms with Gasteiger partial charge in [0.2, 0.25) is 0 Å². The van der Waals surface area contributed by atoms with Crippen molar-refractivity contribution in [2.24, 2.45) is 0 Å². The van der Waals surface area contributed by atoms with Crippen molar-refractivity contribution in [3.8, 4) is 0 Å². The Balaban J connectivity index is 2.41. The number of ether oxygens (including phenoxy) is 3. The van der Waals surface area contributed by atoms with Crippen molar-refractivity contribution in [3.63, 3.8) is 0 Å². The quantitative estimate of drug-likeness (QED) is 0.441. The summed E-state index contributed by atoms with van der Waals surface area (Å²) in [6.07, 6.45) is -1.39. The third kappa shape index (κ3) is 5.14. The van der Waals surface area contributed by atoms with Gasteiger partial charge in [-0.3, -0.25) is 13.6 Å². The van der Waals surface area contributed by atoms with Gasteiger partial charge in [0.15, 0.2) is 6.23 Å². The third-order valence-electron chi connectivity index (χ3n) is 4.22. The fraction of sp³-hybridized carbons (Fsp3) is 0.733. The Labute approximate surface area is 157 Å². The van der Waals surface area contributed by atoms with Crippen molar-refractivity contribution >= 4 is 13.6 Å². The maximum Gasteiger partial charge on any atom is 0.472 e. The van der Waals surface area contributed by atoms with E-state index >= 15 is 0 Å². The summed E-state index contributed by atoms with van der Waals surface area (Å²) < 4.78 is 39.7. The van der Waals surface area contributed by atoms with Crippen LogP contribution in [0.1, 0.15) is 25.1 Å². The zero-order valence-corrected chi connectivity index (χ0v) is 16.6. The van der Waals surface area contributed by atoms with Crippen molar-refractivity contribution in [1.82, 2.24) is 9.55 Å². The van der Waals surface area contributed by atoms with E-state index < -0.39 is 38.1 Å². The highest BCUT2D eigenvalue weighted by Gasteiger charge is 2.49. The van der Waals surface area contributed by atoms with Crippen molar-refractivity contribution in [2.45, 2.75) is 44.8 Å². The Morgan fingerprint density at radius 2 is 2.07 bits per heavy atom. The summed E-state index contributed by atoms with van der Waals surface area (Å²) in [7, 11) is -1.73. The largest absolute Gasteiger partial charge is 0.472 e. The van der Waals surface area contributed by atoms with Gasteiger partial charge in [0.25, 0.3) is 0 Å². The minimum atomic E-state index is -4.31. The first-order chi connectivity index (χ1) is 12.7. The van der Waals surface area contributed by atoms with Crippen LogP contribution in [-0.4, -0.2) is 60.2 Å². The Bertz CT molecular complexity index is 742. The normalized spacial score (nSPS) is 27.6. The van der Waals surface area contributed by atoms with E-state index in [1.807, 2.05) is 6.92 Å². The van der Waals surface area contributed by atoms with Gasteiger partial charge in [-0.15, -0.1) is 0 Å². The first-order valence-corrected chi connectivity index (χ1v) is 9.91. The molecule has 154 valence electrons. The van der Waals surface area contributed by atoms with Gasteiger partial charge in [0.05, 0.1) is 19.3 Å². The number of rotatable bonds is 9. The third-order valence-corrected chi connectivity index (χ3v) is 5.19. The maximum absolute atomic E-state index is 12.3.